The summed E-state index contributed by atoms with van der Waals surface area (Å²) in [7, 11) is 0. The topological polar surface area (TPSA) is 42.7 Å². The molecule has 140 valence electrons. The summed E-state index contributed by atoms with van der Waals surface area (Å²) in [6.07, 6.45) is -0.379. The molecule has 0 spiro atoms. The summed E-state index contributed by atoms with van der Waals surface area (Å²) in [5, 5.41) is 0. The van der Waals surface area contributed by atoms with Gasteiger partial charge in [0.25, 0.3) is 0 Å². The Hall–Kier alpha value is -3.01. The third kappa shape index (κ3) is 4.05. The van der Waals surface area contributed by atoms with Crippen LogP contribution in [-0.2, 0) is 11.3 Å². The van der Waals surface area contributed by atoms with E-state index in [-0.39, 0.29) is 18.7 Å². The Morgan fingerprint density at radius 1 is 0.963 bits per heavy atom. The SMILES string of the molecule is Cc1oc(C)c(C(C)N(C(=O)OCc2ccccc2)c2ccccc2)c1C. The van der Waals surface area contributed by atoms with Gasteiger partial charge < -0.3 is 9.15 Å². The van der Waals surface area contributed by atoms with Crippen LogP contribution in [0.15, 0.2) is 65.1 Å². The number of para-hydroxylation sites is 1. The summed E-state index contributed by atoms with van der Waals surface area (Å²) in [5.41, 5.74) is 3.84. The highest BCUT2D eigenvalue weighted by atomic mass is 16.6. The predicted octanol–water partition coefficient (Wildman–Crippen LogP) is 6.11. The first-order valence-electron chi connectivity index (χ1n) is 9.10. The van der Waals surface area contributed by atoms with Crippen molar-refractivity contribution < 1.29 is 13.9 Å². The van der Waals surface area contributed by atoms with E-state index in [1.807, 2.05) is 88.4 Å². The molecule has 0 N–H and O–H groups in total. The molecule has 0 aliphatic heterocycles. The predicted molar refractivity (Wildman–Crippen MR) is 107 cm³/mol. The monoisotopic (exact) mass is 363 g/mol. The molecule has 1 atom stereocenters. The number of furan rings is 1. The number of carbonyl (C=O) groups excluding carboxylic acids is 1. The van der Waals surface area contributed by atoms with Crippen LogP contribution in [-0.4, -0.2) is 6.09 Å². The summed E-state index contributed by atoms with van der Waals surface area (Å²) in [6.45, 7) is 8.14. The average molecular weight is 363 g/mol. The van der Waals surface area contributed by atoms with E-state index in [4.69, 9.17) is 9.15 Å². The highest BCUT2D eigenvalue weighted by Gasteiger charge is 2.29. The lowest BCUT2D eigenvalue weighted by Gasteiger charge is -2.29. The van der Waals surface area contributed by atoms with Gasteiger partial charge in [-0.2, -0.15) is 0 Å². The second-order valence-corrected chi connectivity index (χ2v) is 6.67. The zero-order valence-corrected chi connectivity index (χ0v) is 16.2. The van der Waals surface area contributed by atoms with Crippen molar-refractivity contribution in [2.75, 3.05) is 4.90 Å². The molecule has 0 saturated heterocycles. The van der Waals surface area contributed by atoms with Gasteiger partial charge in [0, 0.05) is 11.3 Å². The summed E-state index contributed by atoms with van der Waals surface area (Å²) in [4.78, 5) is 14.7. The van der Waals surface area contributed by atoms with Crippen molar-refractivity contribution in [3.63, 3.8) is 0 Å². The molecule has 27 heavy (non-hydrogen) atoms. The Bertz CT molecular complexity index is 900. The maximum atomic E-state index is 13.0. The molecule has 1 heterocycles. The van der Waals surface area contributed by atoms with Gasteiger partial charge in [0.2, 0.25) is 0 Å². The minimum absolute atomic E-state index is 0.215. The van der Waals surface area contributed by atoms with Crippen LogP contribution in [0.1, 0.15) is 41.2 Å². The molecular weight excluding hydrogens is 338 g/mol. The van der Waals surface area contributed by atoms with Gasteiger partial charge in [0.05, 0.1) is 6.04 Å². The van der Waals surface area contributed by atoms with Crippen LogP contribution in [0.3, 0.4) is 0 Å². The smallest absolute Gasteiger partial charge is 0.415 e. The first-order valence-corrected chi connectivity index (χ1v) is 9.10. The number of carbonyl (C=O) groups is 1. The van der Waals surface area contributed by atoms with Gasteiger partial charge in [-0.1, -0.05) is 48.5 Å². The molecule has 3 aromatic rings. The van der Waals surface area contributed by atoms with Gasteiger partial charge in [0.1, 0.15) is 18.1 Å². The number of hydrogen-bond donors (Lipinski definition) is 0. The third-order valence-electron chi connectivity index (χ3n) is 4.86. The van der Waals surface area contributed by atoms with Crippen LogP contribution >= 0.6 is 0 Å². The molecule has 1 unspecified atom stereocenters. The van der Waals surface area contributed by atoms with E-state index in [2.05, 4.69) is 0 Å². The average Bonchev–Trinajstić information content (AvgIpc) is 2.93. The lowest BCUT2D eigenvalue weighted by atomic mass is 10.0. The Morgan fingerprint density at radius 2 is 1.56 bits per heavy atom. The molecule has 0 radical (unpaired) electrons. The lowest BCUT2D eigenvalue weighted by molar-refractivity contribution is 0.145. The summed E-state index contributed by atoms with van der Waals surface area (Å²) in [5.74, 6) is 1.70. The normalized spacial score (nSPS) is 11.9. The summed E-state index contributed by atoms with van der Waals surface area (Å²) < 4.78 is 11.4. The number of anilines is 1. The van der Waals surface area contributed by atoms with E-state index in [0.29, 0.717) is 0 Å². The van der Waals surface area contributed by atoms with E-state index in [0.717, 1.165) is 33.9 Å². The second kappa shape index (κ2) is 8.12. The van der Waals surface area contributed by atoms with Crippen LogP contribution in [0.2, 0.25) is 0 Å². The standard InChI is InChI=1S/C23H25NO3/c1-16-18(3)27-19(4)22(16)17(2)24(21-13-9-6-10-14-21)23(25)26-15-20-11-7-5-8-12-20/h5-14,17H,15H2,1-4H3. The van der Waals surface area contributed by atoms with Crippen molar-refractivity contribution in [3.05, 3.63) is 88.9 Å². The first kappa shape index (κ1) is 18.8. The van der Waals surface area contributed by atoms with E-state index in [9.17, 15) is 4.79 Å². The van der Waals surface area contributed by atoms with Crippen molar-refractivity contribution in [1.29, 1.82) is 0 Å². The number of aryl methyl sites for hydroxylation is 2. The zero-order chi connectivity index (χ0) is 19.4. The van der Waals surface area contributed by atoms with Crippen molar-refractivity contribution in [2.24, 2.45) is 0 Å². The fourth-order valence-corrected chi connectivity index (χ4v) is 3.42. The van der Waals surface area contributed by atoms with E-state index in [1.54, 1.807) is 4.90 Å². The van der Waals surface area contributed by atoms with Crippen molar-refractivity contribution in [1.82, 2.24) is 0 Å². The zero-order valence-electron chi connectivity index (χ0n) is 16.2. The number of nitrogens with zero attached hydrogens (tertiary/aromatic N) is 1. The van der Waals surface area contributed by atoms with E-state index >= 15 is 0 Å². The fraction of sp³-hybridized carbons (Fsp3) is 0.261. The van der Waals surface area contributed by atoms with Crippen molar-refractivity contribution in [2.45, 2.75) is 40.3 Å². The van der Waals surface area contributed by atoms with Gasteiger partial charge in [0.15, 0.2) is 0 Å². The van der Waals surface area contributed by atoms with Crippen LogP contribution in [0.5, 0.6) is 0 Å². The molecule has 0 bridgehead atoms. The van der Waals surface area contributed by atoms with Crippen LogP contribution < -0.4 is 4.90 Å². The van der Waals surface area contributed by atoms with Gasteiger partial charge >= 0.3 is 6.09 Å². The highest BCUT2D eigenvalue weighted by molar-refractivity contribution is 5.88. The maximum absolute atomic E-state index is 13.0. The molecule has 2 aromatic carbocycles. The summed E-state index contributed by atoms with van der Waals surface area (Å²) in [6, 6.07) is 19.1. The first-order chi connectivity index (χ1) is 13.0. The fourth-order valence-electron chi connectivity index (χ4n) is 3.42. The Kier molecular flexibility index (Phi) is 5.65. The molecule has 1 amide bonds. The van der Waals surface area contributed by atoms with E-state index in [1.165, 1.54) is 0 Å². The molecule has 0 saturated carbocycles. The van der Waals surface area contributed by atoms with Crippen molar-refractivity contribution >= 4 is 11.8 Å². The molecule has 4 heteroatoms. The highest BCUT2D eigenvalue weighted by Crippen LogP contribution is 2.34. The Labute approximate surface area is 160 Å². The minimum Gasteiger partial charge on any atom is -0.466 e. The quantitative estimate of drug-likeness (QED) is 0.549. The number of benzene rings is 2. The molecule has 0 aliphatic carbocycles. The van der Waals surface area contributed by atoms with Crippen LogP contribution in [0.4, 0.5) is 10.5 Å². The summed E-state index contributed by atoms with van der Waals surface area (Å²) >= 11 is 0. The van der Waals surface area contributed by atoms with Gasteiger partial charge in [-0.3, -0.25) is 4.90 Å². The molecule has 1 aromatic heterocycles. The molecule has 4 nitrogen and oxygen atoms in total. The number of ether oxygens (including phenoxy) is 1. The minimum atomic E-state index is -0.379. The molecule has 0 fully saturated rings. The molecular formula is C23H25NO3. The van der Waals surface area contributed by atoms with Crippen molar-refractivity contribution in [3.8, 4) is 0 Å². The van der Waals surface area contributed by atoms with Gasteiger partial charge in [-0.25, -0.2) is 4.79 Å². The van der Waals surface area contributed by atoms with Crippen LogP contribution in [0, 0.1) is 20.8 Å². The van der Waals surface area contributed by atoms with Gasteiger partial charge in [-0.15, -0.1) is 0 Å². The number of rotatable bonds is 5. The number of hydrogen-bond acceptors (Lipinski definition) is 3. The van der Waals surface area contributed by atoms with Crippen LogP contribution in [0.25, 0.3) is 0 Å². The maximum Gasteiger partial charge on any atom is 0.415 e. The van der Waals surface area contributed by atoms with E-state index < -0.39 is 0 Å². The van der Waals surface area contributed by atoms with Gasteiger partial charge in [-0.05, 0) is 51.0 Å². The molecule has 3 rings (SSSR count). The Balaban J connectivity index is 1.90. The second-order valence-electron chi connectivity index (χ2n) is 6.67. The Morgan fingerprint density at radius 3 is 2.11 bits per heavy atom. The third-order valence-corrected chi connectivity index (χ3v) is 4.86. The number of amides is 1. The molecule has 0 aliphatic rings. The lowest BCUT2D eigenvalue weighted by Crippen LogP contribution is -2.34. The largest absolute Gasteiger partial charge is 0.466 e.